The Morgan fingerprint density at radius 2 is 1.90 bits per heavy atom. The Hall–Kier alpha value is -3.21. The summed E-state index contributed by atoms with van der Waals surface area (Å²) in [5, 5.41) is 0. The predicted molar refractivity (Wildman–Crippen MR) is 103 cm³/mol. The minimum absolute atomic E-state index is 0.0298. The maximum Gasteiger partial charge on any atom is 0.287 e. The first kappa shape index (κ1) is 20.1. The van der Waals surface area contributed by atoms with Crippen LogP contribution in [0.1, 0.15) is 17.0 Å². The minimum atomic E-state index is -1.07. The van der Waals surface area contributed by atoms with Crippen molar-refractivity contribution in [3.05, 3.63) is 75.5 Å². The smallest absolute Gasteiger partial charge is 0.287 e. The number of nitrogens with one attached hydrogen (secondary N) is 1. The third-order valence-corrected chi connectivity index (χ3v) is 5.21. The summed E-state index contributed by atoms with van der Waals surface area (Å²) in [5.41, 5.74) is -0.255. The van der Waals surface area contributed by atoms with Crippen molar-refractivity contribution in [1.82, 2.24) is 24.3 Å². The van der Waals surface area contributed by atoms with E-state index >= 15 is 0 Å². The first-order valence-corrected chi connectivity index (χ1v) is 9.82. The number of halogens is 4. The van der Waals surface area contributed by atoms with Crippen molar-refractivity contribution in [3.63, 3.8) is 0 Å². The molecule has 0 bridgehead atoms. The molecule has 3 aromatic heterocycles. The second-order valence-electron chi connectivity index (χ2n) is 6.31. The fraction of sp³-hybridized carbons (Fsp3) is 0.158. The molecule has 0 fully saturated rings. The highest BCUT2D eigenvalue weighted by Crippen LogP contribution is 2.26. The molecule has 0 saturated carbocycles. The molecule has 0 unspecified atom stereocenters. The van der Waals surface area contributed by atoms with Crippen LogP contribution >= 0.6 is 11.8 Å². The van der Waals surface area contributed by atoms with Crippen LogP contribution in [0, 0.1) is 17.5 Å². The van der Waals surface area contributed by atoms with E-state index in [1.165, 1.54) is 16.8 Å². The van der Waals surface area contributed by atoms with Crippen LogP contribution in [0.25, 0.3) is 17.2 Å². The second-order valence-corrected chi connectivity index (χ2v) is 7.16. The van der Waals surface area contributed by atoms with Crippen molar-refractivity contribution in [1.29, 1.82) is 0 Å². The van der Waals surface area contributed by atoms with Gasteiger partial charge in [-0.25, -0.2) is 28.1 Å². The van der Waals surface area contributed by atoms with Crippen LogP contribution in [0.4, 0.5) is 17.6 Å². The van der Waals surface area contributed by atoms with Gasteiger partial charge >= 0.3 is 0 Å². The minimum Gasteiger partial charge on any atom is -0.303 e. The molecule has 4 aromatic rings. The van der Waals surface area contributed by atoms with Crippen LogP contribution in [-0.2, 0) is 13.1 Å². The molecule has 6 nitrogen and oxygen atoms in total. The first-order chi connectivity index (χ1) is 14.4. The van der Waals surface area contributed by atoms with E-state index in [2.05, 4.69) is 19.9 Å². The Morgan fingerprint density at radius 1 is 1.10 bits per heavy atom. The van der Waals surface area contributed by atoms with Gasteiger partial charge in [0.15, 0.2) is 11.5 Å². The molecule has 30 heavy (non-hydrogen) atoms. The molecule has 11 heteroatoms. The van der Waals surface area contributed by atoms with Gasteiger partial charge in [0.1, 0.15) is 24.0 Å². The summed E-state index contributed by atoms with van der Waals surface area (Å²) in [6.45, 7) is -0.844. The molecule has 0 aliphatic carbocycles. The van der Waals surface area contributed by atoms with Gasteiger partial charge in [0.25, 0.3) is 5.56 Å². The summed E-state index contributed by atoms with van der Waals surface area (Å²) >= 11 is 1.07. The Morgan fingerprint density at radius 3 is 2.60 bits per heavy atom. The van der Waals surface area contributed by atoms with Gasteiger partial charge < -0.3 is 4.98 Å². The first-order valence-electron chi connectivity index (χ1n) is 8.60. The summed E-state index contributed by atoms with van der Waals surface area (Å²) < 4.78 is 56.7. The van der Waals surface area contributed by atoms with Gasteiger partial charge in [-0.3, -0.25) is 9.20 Å². The molecule has 0 aliphatic heterocycles. The molecule has 154 valence electrons. The molecule has 4 rings (SSSR count). The van der Waals surface area contributed by atoms with Crippen molar-refractivity contribution in [2.24, 2.45) is 0 Å². The summed E-state index contributed by atoms with van der Waals surface area (Å²) in [6.07, 6.45) is 4.89. The third kappa shape index (κ3) is 3.56. The summed E-state index contributed by atoms with van der Waals surface area (Å²) in [7, 11) is 0. The number of rotatable bonds is 5. The van der Waals surface area contributed by atoms with Crippen LogP contribution < -0.4 is 5.56 Å². The van der Waals surface area contributed by atoms with Crippen molar-refractivity contribution >= 4 is 17.4 Å². The van der Waals surface area contributed by atoms with E-state index in [4.69, 9.17) is 0 Å². The Balaban J connectivity index is 1.88. The highest BCUT2D eigenvalue weighted by Gasteiger charge is 2.17. The average molecular weight is 435 g/mol. The number of aromatic nitrogens is 5. The van der Waals surface area contributed by atoms with Gasteiger partial charge in [-0.2, -0.15) is 4.39 Å². The number of fused-ring (bicyclic) bond motifs is 1. The van der Waals surface area contributed by atoms with E-state index in [9.17, 15) is 22.4 Å². The Labute approximate surface area is 171 Å². The number of benzene rings is 1. The number of aromatic amines is 1. The zero-order valence-electron chi connectivity index (χ0n) is 15.4. The summed E-state index contributed by atoms with van der Waals surface area (Å²) in [5.74, 6) is -2.34. The van der Waals surface area contributed by atoms with Crippen LogP contribution in [0.3, 0.4) is 0 Å². The van der Waals surface area contributed by atoms with Crippen molar-refractivity contribution in [3.8, 4) is 11.5 Å². The molecule has 0 radical (unpaired) electrons. The fourth-order valence-corrected chi connectivity index (χ4v) is 3.46. The highest BCUT2D eigenvalue weighted by atomic mass is 32.2. The third-order valence-electron chi connectivity index (χ3n) is 4.45. The Bertz CT molecular complexity index is 1320. The number of H-pyrrole nitrogens is 1. The van der Waals surface area contributed by atoms with Gasteiger partial charge in [-0.1, -0.05) is 0 Å². The number of hydrogen-bond donors (Lipinski definition) is 1. The number of alkyl halides is 1. The van der Waals surface area contributed by atoms with Gasteiger partial charge in [-0.05, 0) is 24.0 Å². The maximum atomic E-state index is 14.5. The van der Waals surface area contributed by atoms with Crippen LogP contribution in [0.2, 0.25) is 0 Å². The van der Waals surface area contributed by atoms with E-state index in [1.54, 1.807) is 6.26 Å². The standard InChI is InChI=1S/C19H13F4N5OS/c1-30-16-4-11(21)9(2-12(16)22)3-14-18-25-6-10(5-20)28(18)8-15(26-14)17-24-7-13(23)19(29)27-17/h2,4,6-8H,3,5H2,1H3,(H,24,27,29). The molecule has 0 atom stereocenters. The predicted octanol–water partition coefficient (Wildman–Crippen LogP) is 3.68. The SMILES string of the molecule is CSc1cc(F)c(Cc2nc(-c3ncc(F)c(=O)[nH]3)cn3c(CF)cnc23)cc1F. The lowest BCUT2D eigenvalue weighted by atomic mass is 10.1. The van der Waals surface area contributed by atoms with Crippen molar-refractivity contribution < 1.29 is 17.6 Å². The summed E-state index contributed by atoms with van der Waals surface area (Å²) in [4.78, 5) is 26.3. The zero-order chi connectivity index (χ0) is 21.4. The molecular weight excluding hydrogens is 422 g/mol. The Kier molecular flexibility index (Phi) is 5.29. The molecule has 0 spiro atoms. The second kappa shape index (κ2) is 7.90. The number of nitrogens with zero attached hydrogens (tertiary/aromatic N) is 4. The molecule has 3 heterocycles. The molecule has 0 saturated heterocycles. The molecule has 1 aromatic carbocycles. The van der Waals surface area contributed by atoms with E-state index in [0.29, 0.717) is 0 Å². The fourth-order valence-electron chi connectivity index (χ4n) is 2.98. The van der Waals surface area contributed by atoms with Crippen LogP contribution in [-0.4, -0.2) is 30.6 Å². The van der Waals surface area contributed by atoms with Crippen molar-refractivity contribution in [2.45, 2.75) is 18.0 Å². The van der Waals surface area contributed by atoms with E-state index < -0.39 is 29.7 Å². The van der Waals surface area contributed by atoms with Crippen LogP contribution in [0.5, 0.6) is 0 Å². The van der Waals surface area contributed by atoms with Gasteiger partial charge in [-0.15, -0.1) is 11.8 Å². The quantitative estimate of drug-likeness (QED) is 0.382. The number of imidazole rings is 1. The highest BCUT2D eigenvalue weighted by molar-refractivity contribution is 7.98. The number of thioether (sulfide) groups is 1. The van der Waals surface area contributed by atoms with Crippen molar-refractivity contribution in [2.75, 3.05) is 6.26 Å². The molecular formula is C19H13F4N5OS. The molecule has 0 aliphatic rings. The number of hydrogen-bond acceptors (Lipinski definition) is 5. The molecule has 1 N–H and O–H groups in total. The van der Waals surface area contributed by atoms with E-state index in [0.717, 1.165) is 30.1 Å². The average Bonchev–Trinajstić information content (AvgIpc) is 3.15. The van der Waals surface area contributed by atoms with Gasteiger partial charge in [0.2, 0.25) is 5.82 Å². The van der Waals surface area contributed by atoms with E-state index in [1.807, 2.05) is 0 Å². The topological polar surface area (TPSA) is 75.9 Å². The zero-order valence-corrected chi connectivity index (χ0v) is 16.2. The monoisotopic (exact) mass is 435 g/mol. The maximum absolute atomic E-state index is 14.5. The molecule has 0 amide bonds. The summed E-state index contributed by atoms with van der Waals surface area (Å²) in [6, 6.07) is 2.16. The van der Waals surface area contributed by atoms with Gasteiger partial charge in [0.05, 0.1) is 23.8 Å². The van der Waals surface area contributed by atoms with E-state index in [-0.39, 0.29) is 45.4 Å². The van der Waals surface area contributed by atoms with Gasteiger partial charge in [0, 0.05) is 17.5 Å². The normalized spacial score (nSPS) is 11.4. The lowest BCUT2D eigenvalue weighted by molar-refractivity contribution is 0.473. The lowest BCUT2D eigenvalue weighted by Gasteiger charge is -2.10. The van der Waals surface area contributed by atoms with Crippen LogP contribution in [0.15, 0.2) is 40.4 Å². The largest absolute Gasteiger partial charge is 0.303 e. The lowest BCUT2D eigenvalue weighted by Crippen LogP contribution is -2.13.